The highest BCUT2D eigenvalue weighted by molar-refractivity contribution is 5.90. The Balaban J connectivity index is 2.47. The van der Waals surface area contributed by atoms with Crippen molar-refractivity contribution in [2.24, 2.45) is 5.10 Å². The van der Waals surface area contributed by atoms with Gasteiger partial charge in [-0.15, -0.1) is 0 Å². The maximum absolute atomic E-state index is 10.1. The van der Waals surface area contributed by atoms with Crippen molar-refractivity contribution in [1.82, 2.24) is 5.43 Å². The van der Waals surface area contributed by atoms with Gasteiger partial charge in [-0.3, -0.25) is 4.79 Å². The van der Waals surface area contributed by atoms with Crippen LogP contribution in [0.4, 0.5) is 0 Å². The summed E-state index contributed by atoms with van der Waals surface area (Å²) in [6.07, 6.45) is 4.60. The predicted molar refractivity (Wildman–Crippen MR) is 24.5 cm³/mol. The van der Waals surface area contributed by atoms with Crippen molar-refractivity contribution in [3.8, 4) is 0 Å². The molecule has 0 spiro atoms. The Morgan fingerprint density at radius 3 is 3.14 bits per heavy atom. The fourth-order valence-corrected chi connectivity index (χ4v) is 0.328. The number of hydrazone groups is 1. The minimum Gasteiger partial charge on any atom is -0.272 e. The highest BCUT2D eigenvalue weighted by atomic mass is 16.2. The summed E-state index contributed by atoms with van der Waals surface area (Å²) >= 11 is 0. The molecular formula is C4H4N2O. The van der Waals surface area contributed by atoms with Crippen molar-refractivity contribution in [2.75, 3.05) is 0 Å². The van der Waals surface area contributed by atoms with Crippen LogP contribution in [0, 0.1) is 6.42 Å². The Labute approximate surface area is 41.4 Å². The molecule has 1 amide bonds. The van der Waals surface area contributed by atoms with Crippen molar-refractivity contribution in [1.29, 1.82) is 0 Å². The summed E-state index contributed by atoms with van der Waals surface area (Å²) < 4.78 is 0. The van der Waals surface area contributed by atoms with Crippen LogP contribution in [-0.4, -0.2) is 12.1 Å². The molecule has 1 aliphatic rings. The molecule has 0 aromatic rings. The lowest BCUT2D eigenvalue weighted by Crippen LogP contribution is -2.21. The molecule has 0 aliphatic carbocycles. The predicted octanol–water partition coefficient (Wildman–Crippen LogP) is -0.427. The van der Waals surface area contributed by atoms with E-state index < -0.39 is 0 Å². The van der Waals surface area contributed by atoms with Gasteiger partial charge in [0, 0.05) is 12.6 Å². The van der Waals surface area contributed by atoms with Crippen LogP contribution in [-0.2, 0) is 4.79 Å². The summed E-state index contributed by atoms with van der Waals surface area (Å²) in [6, 6.07) is 0. The van der Waals surface area contributed by atoms with E-state index in [1.165, 1.54) is 0 Å². The van der Waals surface area contributed by atoms with Gasteiger partial charge in [-0.1, -0.05) is 0 Å². The zero-order valence-electron chi connectivity index (χ0n) is 3.64. The second kappa shape index (κ2) is 1.73. The van der Waals surface area contributed by atoms with Crippen LogP contribution in [0.5, 0.6) is 0 Å². The van der Waals surface area contributed by atoms with Crippen molar-refractivity contribution in [3.05, 3.63) is 6.42 Å². The van der Waals surface area contributed by atoms with Gasteiger partial charge in [-0.05, 0) is 0 Å². The first-order valence-corrected chi connectivity index (χ1v) is 1.95. The van der Waals surface area contributed by atoms with Crippen LogP contribution in [0.1, 0.15) is 6.42 Å². The third kappa shape index (κ3) is 0.994. The summed E-state index contributed by atoms with van der Waals surface area (Å²) in [7, 11) is 0. The van der Waals surface area contributed by atoms with Gasteiger partial charge >= 0.3 is 0 Å². The molecular weight excluding hydrogens is 92.1 g/mol. The zero-order chi connectivity index (χ0) is 5.11. The van der Waals surface area contributed by atoms with Crippen LogP contribution in [0.2, 0.25) is 0 Å². The van der Waals surface area contributed by atoms with E-state index >= 15 is 0 Å². The molecule has 0 unspecified atom stereocenters. The van der Waals surface area contributed by atoms with E-state index in [1.807, 2.05) is 0 Å². The largest absolute Gasteiger partial charge is 0.272 e. The molecule has 1 N–H and O–H groups in total. The number of amides is 1. The average molecular weight is 96.1 g/mol. The van der Waals surface area contributed by atoms with Crippen molar-refractivity contribution >= 4 is 12.1 Å². The number of hydrogen-bond donors (Lipinski definition) is 1. The smallest absolute Gasteiger partial charge is 0.248 e. The molecule has 0 atom stereocenters. The van der Waals surface area contributed by atoms with Crippen LogP contribution < -0.4 is 5.43 Å². The van der Waals surface area contributed by atoms with E-state index in [2.05, 4.69) is 16.9 Å². The quantitative estimate of drug-likeness (QED) is 0.437. The Bertz CT molecular complexity index is 108. The number of nitrogens with zero attached hydrogens (tertiary/aromatic N) is 1. The monoisotopic (exact) mass is 96.0 g/mol. The van der Waals surface area contributed by atoms with Gasteiger partial charge in [0.25, 0.3) is 0 Å². The van der Waals surface area contributed by atoms with E-state index in [9.17, 15) is 4.79 Å². The number of carbonyl (C=O) groups excluding carboxylic acids is 1. The number of hydrogen-bond acceptors (Lipinski definition) is 2. The molecule has 2 radical (unpaired) electrons. The molecule has 3 nitrogen and oxygen atoms in total. The molecule has 0 fully saturated rings. The van der Waals surface area contributed by atoms with Gasteiger partial charge in [0.2, 0.25) is 5.91 Å². The van der Waals surface area contributed by atoms with Crippen molar-refractivity contribution in [2.45, 2.75) is 6.42 Å². The number of rotatable bonds is 0. The second-order valence-electron chi connectivity index (χ2n) is 1.13. The first kappa shape index (κ1) is 4.30. The normalized spacial score (nSPS) is 19.1. The van der Waals surface area contributed by atoms with E-state index in [4.69, 9.17) is 0 Å². The molecule has 0 aromatic heterocycles. The van der Waals surface area contributed by atoms with Crippen molar-refractivity contribution < 1.29 is 4.79 Å². The Kier molecular flexibility index (Phi) is 1.06. The van der Waals surface area contributed by atoms with Crippen LogP contribution in [0.3, 0.4) is 0 Å². The SMILES string of the molecule is O=C1[C]CC=NN1. The van der Waals surface area contributed by atoms with E-state index in [0.29, 0.717) is 6.42 Å². The lowest BCUT2D eigenvalue weighted by molar-refractivity contribution is -0.118. The minimum atomic E-state index is -0.234. The molecule has 1 heterocycles. The lowest BCUT2D eigenvalue weighted by atomic mass is 10.3. The third-order valence-electron chi connectivity index (χ3n) is 0.611. The molecule has 1 rings (SSSR count). The average Bonchev–Trinajstić information content (AvgIpc) is 1.69. The summed E-state index contributed by atoms with van der Waals surface area (Å²) in [5.41, 5.74) is 2.20. The molecule has 0 bridgehead atoms. The fourth-order valence-electron chi connectivity index (χ4n) is 0.328. The Hall–Kier alpha value is -0.860. The summed E-state index contributed by atoms with van der Waals surface area (Å²) in [5.74, 6) is -0.234. The molecule has 0 aromatic carbocycles. The first-order valence-electron chi connectivity index (χ1n) is 1.95. The van der Waals surface area contributed by atoms with Gasteiger partial charge in [-0.2, -0.15) is 5.10 Å². The Morgan fingerprint density at radius 2 is 2.86 bits per heavy atom. The van der Waals surface area contributed by atoms with E-state index in [0.717, 1.165) is 0 Å². The van der Waals surface area contributed by atoms with Crippen molar-refractivity contribution in [3.63, 3.8) is 0 Å². The molecule has 7 heavy (non-hydrogen) atoms. The summed E-state index contributed by atoms with van der Waals surface area (Å²) in [6.45, 7) is 0. The molecule has 36 valence electrons. The topological polar surface area (TPSA) is 41.5 Å². The standard InChI is InChI=1S/C4H4N2O/c7-4-2-1-3-5-6-4/h3H,1H2,(H,6,7). The van der Waals surface area contributed by atoms with E-state index in [-0.39, 0.29) is 5.91 Å². The highest BCUT2D eigenvalue weighted by Gasteiger charge is 2.01. The first-order chi connectivity index (χ1) is 3.39. The van der Waals surface area contributed by atoms with Gasteiger partial charge in [0.1, 0.15) is 0 Å². The fraction of sp³-hybridized carbons (Fsp3) is 0.250. The van der Waals surface area contributed by atoms with Gasteiger partial charge in [0.05, 0.1) is 6.42 Å². The third-order valence-corrected chi connectivity index (χ3v) is 0.611. The van der Waals surface area contributed by atoms with Crippen LogP contribution in [0.15, 0.2) is 5.10 Å². The maximum Gasteiger partial charge on any atom is 0.248 e. The van der Waals surface area contributed by atoms with Gasteiger partial charge in [0.15, 0.2) is 0 Å². The molecule has 0 saturated carbocycles. The summed E-state index contributed by atoms with van der Waals surface area (Å²) in [4.78, 5) is 10.1. The van der Waals surface area contributed by atoms with E-state index in [1.54, 1.807) is 6.21 Å². The summed E-state index contributed by atoms with van der Waals surface area (Å²) in [5, 5.41) is 3.47. The lowest BCUT2D eigenvalue weighted by Gasteiger charge is -1.98. The second-order valence-corrected chi connectivity index (χ2v) is 1.13. The maximum atomic E-state index is 10.1. The molecule has 1 aliphatic heterocycles. The zero-order valence-corrected chi connectivity index (χ0v) is 3.64. The number of carbonyl (C=O) groups is 1. The molecule has 3 heteroatoms. The Morgan fingerprint density at radius 1 is 2.00 bits per heavy atom. The van der Waals surface area contributed by atoms with Crippen LogP contribution in [0.25, 0.3) is 0 Å². The molecule has 0 saturated heterocycles. The van der Waals surface area contributed by atoms with Gasteiger partial charge < -0.3 is 0 Å². The van der Waals surface area contributed by atoms with Gasteiger partial charge in [-0.25, -0.2) is 5.43 Å². The minimum absolute atomic E-state index is 0.234. The number of nitrogens with one attached hydrogen (secondary N) is 1. The van der Waals surface area contributed by atoms with Crippen LogP contribution >= 0.6 is 0 Å². The highest BCUT2D eigenvalue weighted by Crippen LogP contribution is 1.87.